The third-order valence-electron chi connectivity index (χ3n) is 5.06. The van der Waals surface area contributed by atoms with Crippen LogP contribution in [0.2, 0.25) is 0 Å². The van der Waals surface area contributed by atoms with Crippen molar-refractivity contribution in [3.63, 3.8) is 0 Å². The van der Waals surface area contributed by atoms with Crippen LogP contribution in [0, 0.1) is 6.92 Å². The number of anilines is 1. The van der Waals surface area contributed by atoms with Crippen molar-refractivity contribution in [2.75, 3.05) is 5.32 Å². The summed E-state index contributed by atoms with van der Waals surface area (Å²) < 4.78 is 44.3. The van der Waals surface area contributed by atoms with Crippen LogP contribution in [0.15, 0.2) is 65.5 Å². The van der Waals surface area contributed by atoms with E-state index in [2.05, 4.69) is 20.4 Å². The highest BCUT2D eigenvalue weighted by molar-refractivity contribution is 6.10. The fraction of sp³-hybridized carbons (Fsp3) is 0.130. The summed E-state index contributed by atoms with van der Waals surface area (Å²) in [4.78, 5) is 21.5. The molecule has 3 heterocycles. The number of carbonyl (C=O) groups excluding carboxylic acids is 1. The first-order valence-electron chi connectivity index (χ1n) is 9.93. The van der Waals surface area contributed by atoms with Crippen molar-refractivity contribution < 1.29 is 22.4 Å². The van der Waals surface area contributed by atoms with Gasteiger partial charge in [0.1, 0.15) is 12.1 Å². The second kappa shape index (κ2) is 7.73. The van der Waals surface area contributed by atoms with Crippen LogP contribution in [-0.2, 0) is 6.54 Å². The Balaban J connectivity index is 1.48. The first-order chi connectivity index (χ1) is 15.8. The van der Waals surface area contributed by atoms with Gasteiger partial charge in [-0.25, -0.2) is 4.98 Å². The van der Waals surface area contributed by atoms with Gasteiger partial charge in [0.2, 0.25) is 0 Å². The topological polar surface area (TPSA) is 85.8 Å². The number of oxazole rings is 1. The van der Waals surface area contributed by atoms with E-state index in [9.17, 15) is 18.0 Å². The Labute approximate surface area is 184 Å². The predicted molar refractivity (Wildman–Crippen MR) is 116 cm³/mol. The molecule has 2 aromatic carbocycles. The number of benzene rings is 2. The summed E-state index contributed by atoms with van der Waals surface area (Å²) >= 11 is 0. The number of carbonyl (C=O) groups is 1. The molecule has 0 fully saturated rings. The average molecular weight is 451 g/mol. The maximum absolute atomic E-state index is 12.9. The highest BCUT2D eigenvalue weighted by Crippen LogP contribution is 2.31. The number of nitrogens with zero attached hydrogens (tertiary/aromatic N) is 4. The lowest BCUT2D eigenvalue weighted by Gasteiger charge is -2.10. The molecule has 1 amide bonds. The molecular formula is C23H16F3N5O2. The second-order valence-corrected chi connectivity index (χ2v) is 7.47. The number of aromatic nitrogens is 4. The molecule has 0 bridgehead atoms. The van der Waals surface area contributed by atoms with Crippen molar-refractivity contribution in [3.8, 4) is 11.1 Å². The monoisotopic (exact) mass is 451 g/mol. The molecule has 0 aliphatic carbocycles. The number of aryl methyl sites for hydroxylation is 1. The minimum absolute atomic E-state index is 0.352. The molecule has 0 spiro atoms. The van der Waals surface area contributed by atoms with Gasteiger partial charge in [-0.15, -0.1) is 0 Å². The van der Waals surface area contributed by atoms with Gasteiger partial charge in [-0.05, 0) is 35.9 Å². The van der Waals surface area contributed by atoms with Gasteiger partial charge in [0.05, 0.1) is 17.4 Å². The Hall–Kier alpha value is -4.21. The number of fused-ring (bicyclic) bond motifs is 2. The van der Waals surface area contributed by atoms with Crippen LogP contribution in [0.1, 0.15) is 16.2 Å². The minimum Gasteiger partial charge on any atom is -0.441 e. The molecule has 1 N–H and O–H groups in total. The van der Waals surface area contributed by atoms with Gasteiger partial charge in [0.25, 0.3) is 5.91 Å². The quantitative estimate of drug-likeness (QED) is 0.397. The van der Waals surface area contributed by atoms with Crippen LogP contribution in [0.25, 0.3) is 33.1 Å². The fourth-order valence-corrected chi connectivity index (χ4v) is 3.68. The normalized spacial score (nSPS) is 11.9. The van der Waals surface area contributed by atoms with Gasteiger partial charge in [0, 0.05) is 35.8 Å². The predicted octanol–water partition coefficient (Wildman–Crippen LogP) is 5.36. The average Bonchev–Trinajstić information content (AvgIpc) is 3.37. The molecule has 166 valence electrons. The minimum atomic E-state index is -4.37. The smallest absolute Gasteiger partial charge is 0.408 e. The Morgan fingerprint density at radius 3 is 2.85 bits per heavy atom. The molecular weight excluding hydrogens is 435 g/mol. The SMILES string of the molecule is Cc1nc2cc(C(=O)Nc3cccc4c(-c5cnn(CC(F)(F)F)c5)ccnc34)ccc2o1. The van der Waals surface area contributed by atoms with Crippen LogP contribution >= 0.6 is 0 Å². The van der Waals surface area contributed by atoms with Crippen LogP contribution in [-0.4, -0.2) is 31.8 Å². The molecule has 0 aliphatic heterocycles. The van der Waals surface area contributed by atoms with Crippen LogP contribution in [0.5, 0.6) is 0 Å². The van der Waals surface area contributed by atoms with E-state index < -0.39 is 12.7 Å². The summed E-state index contributed by atoms with van der Waals surface area (Å²) in [6, 6.07) is 11.9. The molecule has 33 heavy (non-hydrogen) atoms. The summed E-state index contributed by atoms with van der Waals surface area (Å²) in [5.41, 5.74) is 3.72. The zero-order chi connectivity index (χ0) is 23.2. The number of hydrogen-bond acceptors (Lipinski definition) is 5. The van der Waals surface area contributed by atoms with Gasteiger partial charge < -0.3 is 9.73 Å². The summed E-state index contributed by atoms with van der Waals surface area (Å²) in [6.45, 7) is 0.554. The van der Waals surface area contributed by atoms with Crippen molar-refractivity contribution in [1.82, 2.24) is 19.7 Å². The van der Waals surface area contributed by atoms with Crippen molar-refractivity contribution >= 4 is 33.6 Å². The van der Waals surface area contributed by atoms with E-state index in [1.54, 1.807) is 55.6 Å². The Morgan fingerprint density at radius 2 is 2.03 bits per heavy atom. The van der Waals surface area contributed by atoms with Crippen molar-refractivity contribution in [1.29, 1.82) is 0 Å². The molecule has 5 aromatic rings. The van der Waals surface area contributed by atoms with Crippen LogP contribution in [0.4, 0.5) is 18.9 Å². The van der Waals surface area contributed by atoms with E-state index >= 15 is 0 Å². The third-order valence-corrected chi connectivity index (χ3v) is 5.06. The maximum Gasteiger partial charge on any atom is 0.408 e. The number of hydrogen-bond donors (Lipinski definition) is 1. The molecule has 0 unspecified atom stereocenters. The molecule has 0 saturated carbocycles. The van der Waals surface area contributed by atoms with E-state index in [0.717, 1.165) is 4.68 Å². The van der Waals surface area contributed by atoms with E-state index in [1.807, 2.05) is 0 Å². The van der Waals surface area contributed by atoms with Gasteiger partial charge >= 0.3 is 6.18 Å². The molecule has 0 aliphatic rings. The van der Waals surface area contributed by atoms with Gasteiger partial charge in [-0.1, -0.05) is 12.1 Å². The third kappa shape index (κ3) is 4.14. The second-order valence-electron chi connectivity index (χ2n) is 7.47. The number of halogens is 3. The first-order valence-corrected chi connectivity index (χ1v) is 9.93. The summed E-state index contributed by atoms with van der Waals surface area (Å²) in [5.74, 6) is 0.155. The molecule has 10 heteroatoms. The van der Waals surface area contributed by atoms with Gasteiger partial charge in [0.15, 0.2) is 11.5 Å². The van der Waals surface area contributed by atoms with E-state index in [1.165, 1.54) is 12.4 Å². The van der Waals surface area contributed by atoms with Crippen LogP contribution < -0.4 is 5.32 Å². The highest BCUT2D eigenvalue weighted by atomic mass is 19.4. The molecule has 7 nitrogen and oxygen atoms in total. The molecule has 0 atom stereocenters. The van der Waals surface area contributed by atoms with E-state index in [0.29, 0.717) is 50.3 Å². The number of para-hydroxylation sites is 1. The van der Waals surface area contributed by atoms with Gasteiger partial charge in [-0.2, -0.15) is 18.3 Å². The number of amides is 1. The Morgan fingerprint density at radius 1 is 1.18 bits per heavy atom. The standard InChI is InChI=1S/C23H16F3N5O2/c1-13-29-19-9-14(5-6-20(19)33-13)22(32)30-18-4-2-3-17-16(7-8-27-21(17)18)15-10-28-31(11-15)12-23(24,25)26/h2-11H,12H2,1H3,(H,30,32). The van der Waals surface area contributed by atoms with Crippen molar-refractivity contribution in [3.05, 3.63) is 72.5 Å². The van der Waals surface area contributed by atoms with Crippen molar-refractivity contribution in [2.24, 2.45) is 0 Å². The molecule has 3 aromatic heterocycles. The lowest BCUT2D eigenvalue weighted by molar-refractivity contribution is -0.142. The Kier molecular flexibility index (Phi) is 4.85. The number of alkyl halides is 3. The van der Waals surface area contributed by atoms with Gasteiger partial charge in [-0.3, -0.25) is 14.5 Å². The highest BCUT2D eigenvalue weighted by Gasteiger charge is 2.28. The van der Waals surface area contributed by atoms with Crippen LogP contribution in [0.3, 0.4) is 0 Å². The zero-order valence-corrected chi connectivity index (χ0v) is 17.2. The molecule has 0 radical (unpaired) electrons. The summed E-state index contributed by atoms with van der Waals surface area (Å²) in [6.07, 6.45) is -0.114. The van der Waals surface area contributed by atoms with E-state index in [4.69, 9.17) is 4.42 Å². The first kappa shape index (κ1) is 20.7. The molecule has 5 rings (SSSR count). The zero-order valence-electron chi connectivity index (χ0n) is 17.2. The summed E-state index contributed by atoms with van der Waals surface area (Å²) in [7, 11) is 0. The Bertz CT molecular complexity index is 1500. The van der Waals surface area contributed by atoms with E-state index in [-0.39, 0.29) is 5.91 Å². The lowest BCUT2D eigenvalue weighted by Crippen LogP contribution is -2.17. The lowest BCUT2D eigenvalue weighted by atomic mass is 10.0. The number of rotatable bonds is 4. The number of pyridine rings is 1. The maximum atomic E-state index is 12.9. The largest absolute Gasteiger partial charge is 0.441 e. The van der Waals surface area contributed by atoms with Crippen molar-refractivity contribution in [2.45, 2.75) is 19.6 Å². The molecule has 0 saturated heterocycles. The summed E-state index contributed by atoms with van der Waals surface area (Å²) in [5, 5.41) is 7.34. The fourth-order valence-electron chi connectivity index (χ4n) is 3.68. The number of nitrogens with one attached hydrogen (secondary N) is 1.